The molecule has 0 aliphatic carbocycles. The van der Waals surface area contributed by atoms with E-state index in [0.717, 1.165) is 0 Å². The molecule has 1 aromatic heterocycles. The van der Waals surface area contributed by atoms with Crippen molar-refractivity contribution >= 4 is 29.1 Å². The molecule has 1 amide bonds. The minimum atomic E-state index is -0.579. The van der Waals surface area contributed by atoms with E-state index in [4.69, 9.17) is 23.2 Å². The average molecular weight is 313 g/mol. The highest BCUT2D eigenvalue weighted by atomic mass is 35.5. The number of carbonyl (C=O) groups is 1. The van der Waals surface area contributed by atoms with Crippen molar-refractivity contribution in [2.24, 2.45) is 0 Å². The van der Waals surface area contributed by atoms with E-state index in [2.05, 4.69) is 10.3 Å². The molecule has 1 heterocycles. The van der Waals surface area contributed by atoms with Crippen LogP contribution in [0.25, 0.3) is 0 Å². The van der Waals surface area contributed by atoms with Gasteiger partial charge < -0.3 is 5.32 Å². The van der Waals surface area contributed by atoms with Gasteiger partial charge in [0.25, 0.3) is 5.91 Å². The summed E-state index contributed by atoms with van der Waals surface area (Å²) in [6.45, 7) is 1.70. The molecule has 0 aliphatic heterocycles. The Kier molecular flexibility index (Phi) is 4.57. The highest BCUT2D eigenvalue weighted by Crippen LogP contribution is 2.28. The molecule has 104 valence electrons. The van der Waals surface area contributed by atoms with Crippen molar-refractivity contribution in [3.05, 3.63) is 63.6 Å². The number of halogens is 3. The van der Waals surface area contributed by atoms with E-state index in [0.29, 0.717) is 10.6 Å². The molecule has 0 aliphatic rings. The maximum absolute atomic E-state index is 13.5. The van der Waals surface area contributed by atoms with Crippen LogP contribution in [0.5, 0.6) is 0 Å². The molecule has 3 nitrogen and oxygen atoms in total. The van der Waals surface area contributed by atoms with E-state index in [1.54, 1.807) is 25.1 Å². The number of hydrogen-bond acceptors (Lipinski definition) is 2. The van der Waals surface area contributed by atoms with Crippen LogP contribution in [0.4, 0.5) is 4.39 Å². The molecule has 0 unspecified atom stereocenters. The largest absolute Gasteiger partial charge is 0.344 e. The lowest BCUT2D eigenvalue weighted by molar-refractivity contribution is 0.0935. The summed E-state index contributed by atoms with van der Waals surface area (Å²) in [6.07, 6.45) is 1.52. The highest BCUT2D eigenvalue weighted by Gasteiger charge is 2.16. The number of carbonyl (C=O) groups excluding carboxylic acids is 1. The summed E-state index contributed by atoms with van der Waals surface area (Å²) in [5.74, 6) is -0.936. The molecule has 6 heteroatoms. The Bertz CT molecular complexity index is 635. The van der Waals surface area contributed by atoms with Gasteiger partial charge in [0.1, 0.15) is 11.5 Å². The Morgan fingerprint density at radius 1 is 1.30 bits per heavy atom. The van der Waals surface area contributed by atoms with E-state index in [1.165, 1.54) is 18.3 Å². The van der Waals surface area contributed by atoms with Crippen LogP contribution in [0.2, 0.25) is 10.0 Å². The van der Waals surface area contributed by atoms with Crippen LogP contribution in [-0.2, 0) is 0 Å². The lowest BCUT2D eigenvalue weighted by atomic mass is 10.1. The number of benzene rings is 1. The van der Waals surface area contributed by atoms with Crippen molar-refractivity contribution in [2.75, 3.05) is 0 Å². The SMILES string of the molecule is C[C@@H](NC(=O)c1ccccn1)c1cc(F)c(Cl)cc1Cl. The van der Waals surface area contributed by atoms with E-state index in [1.807, 2.05) is 0 Å². The summed E-state index contributed by atoms with van der Waals surface area (Å²) in [7, 11) is 0. The van der Waals surface area contributed by atoms with Crippen LogP contribution < -0.4 is 5.32 Å². The van der Waals surface area contributed by atoms with Crippen molar-refractivity contribution in [1.29, 1.82) is 0 Å². The number of aromatic nitrogens is 1. The zero-order valence-corrected chi connectivity index (χ0v) is 12.0. The monoisotopic (exact) mass is 312 g/mol. The van der Waals surface area contributed by atoms with Gasteiger partial charge in [-0.1, -0.05) is 29.3 Å². The smallest absolute Gasteiger partial charge is 0.270 e. The van der Waals surface area contributed by atoms with E-state index < -0.39 is 11.9 Å². The molecule has 0 fully saturated rings. The molecule has 0 radical (unpaired) electrons. The Labute approximate surface area is 125 Å². The molecular formula is C14H11Cl2FN2O. The molecule has 0 saturated heterocycles. The summed E-state index contributed by atoms with van der Waals surface area (Å²) in [6, 6.07) is 7.08. The number of nitrogens with zero attached hydrogens (tertiary/aromatic N) is 1. The molecule has 0 saturated carbocycles. The Morgan fingerprint density at radius 3 is 2.70 bits per heavy atom. The van der Waals surface area contributed by atoms with Crippen molar-refractivity contribution in [3.63, 3.8) is 0 Å². The van der Waals surface area contributed by atoms with Crippen molar-refractivity contribution < 1.29 is 9.18 Å². The van der Waals surface area contributed by atoms with Gasteiger partial charge in [-0.05, 0) is 36.8 Å². The first-order chi connectivity index (χ1) is 9.49. The molecule has 2 aromatic rings. The maximum Gasteiger partial charge on any atom is 0.270 e. The van der Waals surface area contributed by atoms with Crippen LogP contribution in [0, 0.1) is 5.82 Å². The average Bonchev–Trinajstić information content (AvgIpc) is 2.43. The Hall–Kier alpha value is -1.65. The van der Waals surface area contributed by atoms with Gasteiger partial charge in [0.05, 0.1) is 11.1 Å². The minimum Gasteiger partial charge on any atom is -0.344 e. The highest BCUT2D eigenvalue weighted by molar-refractivity contribution is 6.35. The molecule has 0 bridgehead atoms. The van der Waals surface area contributed by atoms with Gasteiger partial charge in [0.2, 0.25) is 0 Å². The van der Waals surface area contributed by atoms with Crippen molar-refractivity contribution in [2.45, 2.75) is 13.0 Å². The first-order valence-electron chi connectivity index (χ1n) is 5.85. The number of pyridine rings is 1. The second kappa shape index (κ2) is 6.20. The molecule has 20 heavy (non-hydrogen) atoms. The van der Waals surface area contributed by atoms with E-state index >= 15 is 0 Å². The minimum absolute atomic E-state index is 0.0537. The van der Waals surface area contributed by atoms with Crippen LogP contribution in [0.15, 0.2) is 36.5 Å². The van der Waals surface area contributed by atoms with Crippen molar-refractivity contribution in [1.82, 2.24) is 10.3 Å². The number of rotatable bonds is 3. The zero-order chi connectivity index (χ0) is 14.7. The van der Waals surface area contributed by atoms with Gasteiger partial charge >= 0.3 is 0 Å². The molecule has 1 atom stereocenters. The third kappa shape index (κ3) is 3.26. The predicted molar refractivity (Wildman–Crippen MR) is 76.5 cm³/mol. The Morgan fingerprint density at radius 2 is 2.05 bits per heavy atom. The zero-order valence-electron chi connectivity index (χ0n) is 10.5. The van der Waals surface area contributed by atoms with Crippen LogP contribution in [-0.4, -0.2) is 10.9 Å². The fourth-order valence-corrected chi connectivity index (χ4v) is 2.26. The fourth-order valence-electron chi connectivity index (χ4n) is 1.72. The van der Waals surface area contributed by atoms with E-state index in [-0.39, 0.29) is 16.6 Å². The predicted octanol–water partition coefficient (Wildman–Crippen LogP) is 4.02. The van der Waals surface area contributed by atoms with E-state index in [9.17, 15) is 9.18 Å². The maximum atomic E-state index is 13.5. The number of nitrogens with one attached hydrogen (secondary N) is 1. The normalized spacial score (nSPS) is 12.0. The van der Waals surface area contributed by atoms with Crippen LogP contribution in [0.1, 0.15) is 29.0 Å². The second-order valence-corrected chi connectivity index (χ2v) is 5.01. The van der Waals surface area contributed by atoms with Gasteiger partial charge in [-0.2, -0.15) is 0 Å². The number of hydrogen-bond donors (Lipinski definition) is 1. The molecule has 0 spiro atoms. The molecule has 1 N–H and O–H groups in total. The standard InChI is InChI=1S/C14H11Cl2FN2O/c1-8(9-6-12(17)11(16)7-10(9)15)19-14(20)13-4-2-3-5-18-13/h2-8H,1H3,(H,19,20)/t8-/m1/s1. The summed E-state index contributed by atoms with van der Waals surface area (Å²) < 4.78 is 13.5. The lowest BCUT2D eigenvalue weighted by Gasteiger charge is -2.16. The Balaban J connectivity index is 2.19. The summed E-state index contributed by atoms with van der Waals surface area (Å²) in [4.78, 5) is 15.9. The summed E-state index contributed by atoms with van der Waals surface area (Å²) in [5, 5.41) is 2.95. The third-order valence-corrected chi connectivity index (χ3v) is 3.37. The molecule has 1 aromatic carbocycles. The van der Waals surface area contributed by atoms with Crippen LogP contribution in [0.3, 0.4) is 0 Å². The quantitative estimate of drug-likeness (QED) is 0.870. The van der Waals surface area contributed by atoms with Gasteiger partial charge in [0.15, 0.2) is 0 Å². The van der Waals surface area contributed by atoms with Gasteiger partial charge in [-0.3, -0.25) is 9.78 Å². The van der Waals surface area contributed by atoms with Crippen molar-refractivity contribution in [3.8, 4) is 0 Å². The second-order valence-electron chi connectivity index (χ2n) is 4.20. The fraction of sp³-hybridized carbons (Fsp3) is 0.143. The molecular weight excluding hydrogens is 302 g/mol. The summed E-state index contributed by atoms with van der Waals surface area (Å²) >= 11 is 11.6. The van der Waals surface area contributed by atoms with Gasteiger partial charge in [-0.25, -0.2) is 4.39 Å². The van der Waals surface area contributed by atoms with Gasteiger partial charge in [0, 0.05) is 11.2 Å². The summed E-state index contributed by atoms with van der Waals surface area (Å²) in [5.41, 5.74) is 0.739. The molecule has 2 rings (SSSR count). The van der Waals surface area contributed by atoms with Crippen LogP contribution >= 0.6 is 23.2 Å². The first-order valence-corrected chi connectivity index (χ1v) is 6.61. The topological polar surface area (TPSA) is 42.0 Å². The lowest BCUT2D eigenvalue weighted by Crippen LogP contribution is -2.27. The third-order valence-electron chi connectivity index (χ3n) is 2.75. The first kappa shape index (κ1) is 14.8. The van der Waals surface area contributed by atoms with Gasteiger partial charge in [-0.15, -0.1) is 0 Å². The number of amides is 1.